The smallest absolute Gasteiger partial charge is 0.124 e. The summed E-state index contributed by atoms with van der Waals surface area (Å²) in [5.74, 6) is 0.956. The summed E-state index contributed by atoms with van der Waals surface area (Å²) in [5, 5.41) is 3.41. The zero-order chi connectivity index (χ0) is 14.6. The average molecular weight is 281 g/mol. The van der Waals surface area contributed by atoms with Crippen molar-refractivity contribution in [2.45, 2.75) is 26.3 Å². The Hall–Kier alpha value is -1.10. The van der Waals surface area contributed by atoms with Gasteiger partial charge in [-0.1, -0.05) is 25.1 Å². The number of rotatable bonds is 11. The van der Waals surface area contributed by atoms with Gasteiger partial charge in [-0.2, -0.15) is 0 Å². The number of benzene rings is 1. The summed E-state index contributed by atoms with van der Waals surface area (Å²) in [6, 6.07) is 8.48. The van der Waals surface area contributed by atoms with Gasteiger partial charge < -0.3 is 19.5 Å². The fraction of sp³-hybridized carbons (Fsp3) is 0.625. The van der Waals surface area contributed by atoms with Crippen molar-refractivity contribution in [2.75, 3.05) is 40.1 Å². The normalized spacial score (nSPS) is 12.3. The van der Waals surface area contributed by atoms with Crippen LogP contribution in [0.2, 0.25) is 0 Å². The van der Waals surface area contributed by atoms with Gasteiger partial charge >= 0.3 is 0 Å². The first kappa shape index (κ1) is 17.0. The molecule has 0 heterocycles. The van der Waals surface area contributed by atoms with E-state index in [0.29, 0.717) is 32.5 Å². The standard InChI is InChI=1S/C16H27NO3/c1-4-17-14(2)15-8-5-6-9-16(15)20-11-7-10-19-13-12-18-3/h5-6,8-9,14,17H,4,7,10-13H2,1-3H3. The molecule has 4 nitrogen and oxygen atoms in total. The van der Waals surface area contributed by atoms with Gasteiger partial charge in [-0.3, -0.25) is 0 Å². The van der Waals surface area contributed by atoms with Crippen LogP contribution in [0, 0.1) is 0 Å². The number of ether oxygens (including phenoxy) is 3. The van der Waals surface area contributed by atoms with Crippen molar-refractivity contribution in [3.63, 3.8) is 0 Å². The summed E-state index contributed by atoms with van der Waals surface area (Å²) in [7, 11) is 1.68. The summed E-state index contributed by atoms with van der Waals surface area (Å²) in [6.07, 6.45) is 0.883. The van der Waals surface area contributed by atoms with Crippen LogP contribution in [0.3, 0.4) is 0 Å². The third kappa shape index (κ3) is 6.37. The average Bonchev–Trinajstić information content (AvgIpc) is 2.47. The van der Waals surface area contributed by atoms with E-state index in [9.17, 15) is 0 Å². The molecule has 0 saturated heterocycles. The molecule has 114 valence electrons. The number of hydrogen-bond acceptors (Lipinski definition) is 4. The van der Waals surface area contributed by atoms with E-state index in [1.54, 1.807) is 7.11 Å². The van der Waals surface area contributed by atoms with Gasteiger partial charge in [-0.25, -0.2) is 0 Å². The van der Waals surface area contributed by atoms with Crippen molar-refractivity contribution < 1.29 is 14.2 Å². The second-order valence-electron chi connectivity index (χ2n) is 4.62. The largest absolute Gasteiger partial charge is 0.493 e. The Labute approximate surface area is 122 Å². The van der Waals surface area contributed by atoms with Gasteiger partial charge in [0.25, 0.3) is 0 Å². The molecule has 1 N–H and O–H groups in total. The molecule has 4 heteroatoms. The Balaban J connectivity index is 2.32. The molecule has 1 rings (SSSR count). The van der Waals surface area contributed by atoms with Crippen molar-refractivity contribution in [1.82, 2.24) is 5.32 Å². The zero-order valence-electron chi connectivity index (χ0n) is 12.9. The summed E-state index contributed by atoms with van der Waals surface area (Å²) >= 11 is 0. The van der Waals surface area contributed by atoms with E-state index in [-0.39, 0.29) is 0 Å². The van der Waals surface area contributed by atoms with Crippen molar-refractivity contribution >= 4 is 0 Å². The molecular formula is C16H27NO3. The molecule has 0 aliphatic rings. The van der Waals surface area contributed by atoms with Crippen molar-refractivity contribution in [2.24, 2.45) is 0 Å². The van der Waals surface area contributed by atoms with Crippen LogP contribution in [0.25, 0.3) is 0 Å². The molecule has 0 bridgehead atoms. The van der Waals surface area contributed by atoms with Crippen LogP contribution >= 0.6 is 0 Å². The maximum absolute atomic E-state index is 5.86. The van der Waals surface area contributed by atoms with E-state index in [1.165, 1.54) is 5.56 Å². The molecule has 1 aromatic carbocycles. The van der Waals surface area contributed by atoms with Gasteiger partial charge in [-0.15, -0.1) is 0 Å². The predicted molar refractivity (Wildman–Crippen MR) is 81.3 cm³/mol. The van der Waals surface area contributed by atoms with Gasteiger partial charge in [0.15, 0.2) is 0 Å². The maximum Gasteiger partial charge on any atom is 0.124 e. The van der Waals surface area contributed by atoms with Gasteiger partial charge in [0.05, 0.1) is 19.8 Å². The van der Waals surface area contributed by atoms with Crippen molar-refractivity contribution in [3.8, 4) is 5.75 Å². The lowest BCUT2D eigenvalue weighted by Gasteiger charge is -2.17. The van der Waals surface area contributed by atoms with Gasteiger partial charge in [-0.05, 0) is 19.5 Å². The fourth-order valence-electron chi connectivity index (χ4n) is 1.97. The zero-order valence-corrected chi connectivity index (χ0v) is 12.9. The first-order valence-corrected chi connectivity index (χ1v) is 7.31. The minimum absolute atomic E-state index is 0.300. The Bertz CT molecular complexity index is 357. The Morgan fingerprint density at radius 3 is 2.65 bits per heavy atom. The van der Waals surface area contributed by atoms with Crippen LogP contribution < -0.4 is 10.1 Å². The fourth-order valence-corrected chi connectivity index (χ4v) is 1.97. The van der Waals surface area contributed by atoms with Crippen LogP contribution in [0.15, 0.2) is 24.3 Å². The summed E-state index contributed by atoms with van der Waals surface area (Å²) < 4.78 is 16.2. The highest BCUT2D eigenvalue weighted by atomic mass is 16.5. The minimum atomic E-state index is 0.300. The lowest BCUT2D eigenvalue weighted by atomic mass is 10.1. The Kier molecular flexibility index (Phi) is 9.04. The Morgan fingerprint density at radius 1 is 1.10 bits per heavy atom. The SMILES string of the molecule is CCNC(C)c1ccccc1OCCCOCCOC. The van der Waals surface area contributed by atoms with E-state index in [1.807, 2.05) is 18.2 Å². The molecule has 0 amide bonds. The number of para-hydroxylation sites is 1. The molecule has 0 aliphatic heterocycles. The highest BCUT2D eigenvalue weighted by molar-refractivity contribution is 5.35. The van der Waals surface area contributed by atoms with E-state index >= 15 is 0 Å². The lowest BCUT2D eigenvalue weighted by Crippen LogP contribution is -2.18. The molecule has 20 heavy (non-hydrogen) atoms. The van der Waals surface area contributed by atoms with E-state index in [2.05, 4.69) is 25.2 Å². The molecule has 0 aromatic heterocycles. The molecule has 0 spiro atoms. The highest BCUT2D eigenvalue weighted by Crippen LogP contribution is 2.24. The third-order valence-corrected chi connectivity index (χ3v) is 3.02. The van der Waals surface area contributed by atoms with Crippen LogP contribution in [0.4, 0.5) is 0 Å². The minimum Gasteiger partial charge on any atom is -0.493 e. The topological polar surface area (TPSA) is 39.7 Å². The maximum atomic E-state index is 5.86. The van der Waals surface area contributed by atoms with Crippen molar-refractivity contribution in [3.05, 3.63) is 29.8 Å². The molecule has 0 fully saturated rings. The highest BCUT2D eigenvalue weighted by Gasteiger charge is 2.09. The lowest BCUT2D eigenvalue weighted by molar-refractivity contribution is 0.0643. The molecular weight excluding hydrogens is 254 g/mol. The van der Waals surface area contributed by atoms with E-state index in [4.69, 9.17) is 14.2 Å². The third-order valence-electron chi connectivity index (χ3n) is 3.02. The van der Waals surface area contributed by atoms with Gasteiger partial charge in [0.2, 0.25) is 0 Å². The molecule has 0 radical (unpaired) electrons. The van der Waals surface area contributed by atoms with Gasteiger partial charge in [0, 0.05) is 31.7 Å². The molecule has 0 saturated carbocycles. The molecule has 1 aromatic rings. The molecule has 1 unspecified atom stereocenters. The molecule has 1 atom stereocenters. The number of hydrogen-bond donors (Lipinski definition) is 1. The van der Waals surface area contributed by atoms with Crippen molar-refractivity contribution in [1.29, 1.82) is 0 Å². The van der Waals surface area contributed by atoms with Crippen LogP contribution in [-0.4, -0.2) is 40.1 Å². The van der Waals surface area contributed by atoms with Crippen LogP contribution in [0.5, 0.6) is 5.75 Å². The second kappa shape index (κ2) is 10.7. The van der Waals surface area contributed by atoms with E-state index < -0.39 is 0 Å². The summed E-state index contributed by atoms with van der Waals surface area (Å²) in [6.45, 7) is 7.87. The summed E-state index contributed by atoms with van der Waals surface area (Å²) in [5.41, 5.74) is 1.20. The Morgan fingerprint density at radius 2 is 1.90 bits per heavy atom. The van der Waals surface area contributed by atoms with Crippen LogP contribution in [0.1, 0.15) is 31.9 Å². The van der Waals surface area contributed by atoms with Gasteiger partial charge in [0.1, 0.15) is 5.75 Å². The predicted octanol–water partition coefficient (Wildman–Crippen LogP) is 2.79. The first-order valence-electron chi connectivity index (χ1n) is 7.31. The quantitative estimate of drug-likeness (QED) is 0.633. The second-order valence-corrected chi connectivity index (χ2v) is 4.62. The first-order chi connectivity index (χ1) is 9.79. The summed E-state index contributed by atoms with van der Waals surface area (Å²) in [4.78, 5) is 0. The number of nitrogens with one attached hydrogen (secondary N) is 1. The number of methoxy groups -OCH3 is 1. The van der Waals surface area contributed by atoms with E-state index in [0.717, 1.165) is 18.7 Å². The van der Waals surface area contributed by atoms with Crippen LogP contribution in [-0.2, 0) is 9.47 Å². The monoisotopic (exact) mass is 281 g/mol. The molecule has 0 aliphatic carbocycles.